The van der Waals surface area contributed by atoms with Crippen LogP contribution in [0.15, 0.2) is 48.5 Å². The zero-order valence-electron chi connectivity index (χ0n) is 15.7. The highest BCUT2D eigenvalue weighted by molar-refractivity contribution is 5.89. The van der Waals surface area contributed by atoms with Crippen molar-refractivity contribution in [3.05, 3.63) is 70.8 Å². The third kappa shape index (κ3) is 4.13. The van der Waals surface area contributed by atoms with Crippen LogP contribution in [0.4, 0.5) is 0 Å². The first-order valence-corrected chi connectivity index (χ1v) is 9.13. The van der Waals surface area contributed by atoms with Gasteiger partial charge < -0.3 is 10.2 Å². The third-order valence-corrected chi connectivity index (χ3v) is 5.09. The van der Waals surface area contributed by atoms with E-state index in [1.807, 2.05) is 69.3 Å². The van der Waals surface area contributed by atoms with Gasteiger partial charge in [0.15, 0.2) is 0 Å². The quantitative estimate of drug-likeness (QED) is 0.897. The first-order chi connectivity index (χ1) is 12.4. The summed E-state index contributed by atoms with van der Waals surface area (Å²) < 4.78 is 0. The Labute approximate surface area is 155 Å². The molecule has 0 saturated carbocycles. The van der Waals surface area contributed by atoms with Crippen LogP contribution in [0, 0.1) is 19.8 Å². The Morgan fingerprint density at radius 1 is 1.15 bits per heavy atom. The SMILES string of the molecule is Cc1ccc(CN2CC(C(=O)NC(C)c3ccccc3C)CC2=O)cc1. The van der Waals surface area contributed by atoms with E-state index in [1.165, 1.54) is 5.56 Å². The Morgan fingerprint density at radius 2 is 1.85 bits per heavy atom. The van der Waals surface area contributed by atoms with Crippen molar-refractivity contribution in [1.29, 1.82) is 0 Å². The minimum Gasteiger partial charge on any atom is -0.349 e. The molecule has 4 heteroatoms. The lowest BCUT2D eigenvalue weighted by atomic mass is 10.0. The molecule has 136 valence electrons. The molecule has 26 heavy (non-hydrogen) atoms. The third-order valence-electron chi connectivity index (χ3n) is 5.09. The Balaban J connectivity index is 1.60. The van der Waals surface area contributed by atoms with Crippen LogP contribution in [0.5, 0.6) is 0 Å². The number of nitrogens with one attached hydrogen (secondary N) is 1. The second-order valence-electron chi connectivity index (χ2n) is 7.25. The highest BCUT2D eigenvalue weighted by atomic mass is 16.2. The van der Waals surface area contributed by atoms with Crippen LogP contribution in [-0.2, 0) is 16.1 Å². The fourth-order valence-corrected chi connectivity index (χ4v) is 3.50. The van der Waals surface area contributed by atoms with Gasteiger partial charge in [0.2, 0.25) is 11.8 Å². The van der Waals surface area contributed by atoms with Crippen molar-refractivity contribution in [3.8, 4) is 0 Å². The van der Waals surface area contributed by atoms with Crippen LogP contribution < -0.4 is 5.32 Å². The summed E-state index contributed by atoms with van der Waals surface area (Å²) in [5.74, 6) is -0.269. The van der Waals surface area contributed by atoms with E-state index in [0.717, 1.165) is 16.7 Å². The molecule has 2 aromatic rings. The largest absolute Gasteiger partial charge is 0.349 e. The van der Waals surface area contributed by atoms with Gasteiger partial charge in [-0.3, -0.25) is 9.59 Å². The minimum atomic E-state index is -0.278. The van der Waals surface area contributed by atoms with Crippen molar-refractivity contribution in [2.24, 2.45) is 5.92 Å². The van der Waals surface area contributed by atoms with Crippen LogP contribution in [-0.4, -0.2) is 23.3 Å². The number of nitrogens with zero attached hydrogens (tertiary/aromatic N) is 1. The zero-order chi connectivity index (χ0) is 18.7. The summed E-state index contributed by atoms with van der Waals surface area (Å²) >= 11 is 0. The molecule has 1 aliphatic rings. The summed E-state index contributed by atoms with van der Waals surface area (Å²) in [5, 5.41) is 3.07. The molecule has 0 radical (unpaired) electrons. The number of carbonyl (C=O) groups is 2. The van der Waals surface area contributed by atoms with Crippen molar-refractivity contribution < 1.29 is 9.59 Å². The monoisotopic (exact) mass is 350 g/mol. The zero-order valence-corrected chi connectivity index (χ0v) is 15.7. The fourth-order valence-electron chi connectivity index (χ4n) is 3.50. The smallest absolute Gasteiger partial charge is 0.225 e. The molecule has 1 N–H and O–H groups in total. The Hall–Kier alpha value is -2.62. The van der Waals surface area contributed by atoms with E-state index in [9.17, 15) is 9.59 Å². The standard InChI is InChI=1S/C22H26N2O2/c1-15-8-10-18(11-9-15)13-24-14-19(12-21(24)25)22(26)23-17(3)20-7-5-4-6-16(20)2/h4-11,17,19H,12-14H2,1-3H3,(H,23,26). The maximum atomic E-state index is 12.6. The minimum absolute atomic E-state index is 0.0412. The summed E-state index contributed by atoms with van der Waals surface area (Å²) in [7, 11) is 0. The van der Waals surface area contributed by atoms with Gasteiger partial charge in [-0.15, -0.1) is 0 Å². The van der Waals surface area contributed by atoms with Crippen LogP contribution in [0.25, 0.3) is 0 Å². The number of aryl methyl sites for hydroxylation is 2. The first kappa shape index (κ1) is 18.2. The van der Waals surface area contributed by atoms with Gasteiger partial charge in [-0.1, -0.05) is 54.1 Å². The second kappa shape index (κ2) is 7.73. The van der Waals surface area contributed by atoms with Gasteiger partial charge in [0.25, 0.3) is 0 Å². The molecular formula is C22H26N2O2. The molecule has 2 aromatic carbocycles. The van der Waals surface area contributed by atoms with Crippen molar-refractivity contribution in [2.45, 2.75) is 39.8 Å². The van der Waals surface area contributed by atoms with Crippen molar-refractivity contribution in [1.82, 2.24) is 10.2 Å². The van der Waals surface area contributed by atoms with Crippen LogP contribution in [0.1, 0.15) is 41.6 Å². The molecule has 0 bridgehead atoms. The molecule has 0 aliphatic carbocycles. The van der Waals surface area contributed by atoms with E-state index in [4.69, 9.17) is 0 Å². The number of rotatable bonds is 5. The highest BCUT2D eigenvalue weighted by Gasteiger charge is 2.34. The van der Waals surface area contributed by atoms with Gasteiger partial charge in [0, 0.05) is 19.5 Å². The van der Waals surface area contributed by atoms with E-state index >= 15 is 0 Å². The predicted octanol–water partition coefficient (Wildman–Crippen LogP) is 3.53. The first-order valence-electron chi connectivity index (χ1n) is 9.13. The molecule has 1 saturated heterocycles. The summed E-state index contributed by atoms with van der Waals surface area (Å²) in [4.78, 5) is 26.7. The number of benzene rings is 2. The number of hydrogen-bond donors (Lipinski definition) is 1. The Morgan fingerprint density at radius 3 is 2.54 bits per heavy atom. The van der Waals surface area contributed by atoms with Crippen LogP contribution >= 0.6 is 0 Å². The molecule has 3 rings (SSSR count). The lowest BCUT2D eigenvalue weighted by Crippen LogP contribution is -2.34. The average Bonchev–Trinajstić information content (AvgIpc) is 2.98. The summed E-state index contributed by atoms with van der Waals surface area (Å²) in [5.41, 5.74) is 4.56. The molecule has 2 atom stereocenters. The van der Waals surface area contributed by atoms with E-state index < -0.39 is 0 Å². The molecule has 2 amide bonds. The average molecular weight is 350 g/mol. The molecule has 1 aliphatic heterocycles. The van der Waals surface area contributed by atoms with E-state index in [0.29, 0.717) is 13.1 Å². The molecule has 1 fully saturated rings. The van der Waals surface area contributed by atoms with Gasteiger partial charge in [-0.25, -0.2) is 0 Å². The number of carbonyl (C=O) groups excluding carboxylic acids is 2. The summed E-state index contributed by atoms with van der Waals surface area (Å²) in [6.07, 6.45) is 0.290. The Kier molecular flexibility index (Phi) is 5.40. The molecule has 0 spiro atoms. The maximum absolute atomic E-state index is 12.6. The van der Waals surface area contributed by atoms with Crippen molar-refractivity contribution in [3.63, 3.8) is 0 Å². The fraction of sp³-hybridized carbons (Fsp3) is 0.364. The summed E-state index contributed by atoms with van der Waals surface area (Å²) in [6.45, 7) is 7.12. The Bertz CT molecular complexity index is 798. The summed E-state index contributed by atoms with van der Waals surface area (Å²) in [6, 6.07) is 16.1. The van der Waals surface area contributed by atoms with E-state index in [1.54, 1.807) is 4.90 Å². The predicted molar refractivity (Wildman–Crippen MR) is 102 cm³/mol. The van der Waals surface area contributed by atoms with Gasteiger partial charge in [-0.2, -0.15) is 0 Å². The van der Waals surface area contributed by atoms with Crippen molar-refractivity contribution in [2.75, 3.05) is 6.54 Å². The van der Waals surface area contributed by atoms with Gasteiger partial charge >= 0.3 is 0 Å². The lowest BCUT2D eigenvalue weighted by molar-refractivity contribution is -0.129. The number of hydrogen-bond acceptors (Lipinski definition) is 2. The van der Waals surface area contributed by atoms with Crippen LogP contribution in [0.3, 0.4) is 0 Å². The molecule has 1 heterocycles. The van der Waals surface area contributed by atoms with Crippen molar-refractivity contribution >= 4 is 11.8 Å². The lowest BCUT2D eigenvalue weighted by Gasteiger charge is -2.20. The normalized spacial score (nSPS) is 18.0. The molecule has 2 unspecified atom stereocenters. The molecule has 4 nitrogen and oxygen atoms in total. The van der Waals surface area contributed by atoms with Crippen LogP contribution in [0.2, 0.25) is 0 Å². The van der Waals surface area contributed by atoms with E-state index in [-0.39, 0.29) is 30.2 Å². The second-order valence-corrected chi connectivity index (χ2v) is 7.25. The van der Waals surface area contributed by atoms with E-state index in [2.05, 4.69) is 5.32 Å². The molecule has 0 aromatic heterocycles. The van der Waals surface area contributed by atoms with Gasteiger partial charge in [0.1, 0.15) is 0 Å². The molecular weight excluding hydrogens is 324 g/mol. The highest BCUT2D eigenvalue weighted by Crippen LogP contribution is 2.23. The topological polar surface area (TPSA) is 49.4 Å². The van der Waals surface area contributed by atoms with Gasteiger partial charge in [0.05, 0.1) is 12.0 Å². The number of amides is 2. The van der Waals surface area contributed by atoms with Gasteiger partial charge in [-0.05, 0) is 37.5 Å². The maximum Gasteiger partial charge on any atom is 0.225 e. The number of likely N-dealkylation sites (tertiary alicyclic amines) is 1.